The molecule has 0 aliphatic carbocycles. The largest absolute Gasteiger partial charge is 0.478 e. The van der Waals surface area contributed by atoms with Gasteiger partial charge in [-0.05, 0) is 12.1 Å². The summed E-state index contributed by atoms with van der Waals surface area (Å²) < 4.78 is 6.54. The molecule has 0 amide bonds. The molecule has 0 saturated carbocycles. The molecular formula is C8H8N3O. The molecule has 0 aliphatic heterocycles. The van der Waals surface area contributed by atoms with Crippen molar-refractivity contribution < 1.29 is 4.74 Å². The van der Waals surface area contributed by atoms with Crippen LogP contribution in [0, 0.1) is 0 Å². The Bertz CT molecular complexity index is 408. The number of fused-ring (bicyclic) bond motifs is 1. The molecular weight excluding hydrogens is 154 g/mol. The SMILES string of the molecule is COc1nn2ccccc2c1[NH]. The van der Waals surface area contributed by atoms with Gasteiger partial charge in [-0.15, -0.1) is 5.10 Å². The maximum atomic E-state index is 7.61. The lowest BCUT2D eigenvalue weighted by Gasteiger charge is -1.90. The third-order valence-corrected chi connectivity index (χ3v) is 1.70. The van der Waals surface area contributed by atoms with E-state index in [1.807, 2.05) is 18.2 Å². The maximum absolute atomic E-state index is 7.61. The number of methoxy groups -OCH3 is 1. The standard InChI is InChI=1S/C8H8N3O/c1-12-8-7(9)6-4-2-3-5-11(6)10-8/h2-5,9H,1H3. The summed E-state index contributed by atoms with van der Waals surface area (Å²) in [6.07, 6.45) is 1.79. The van der Waals surface area contributed by atoms with Gasteiger partial charge in [0.2, 0.25) is 0 Å². The Balaban J connectivity index is 2.78. The van der Waals surface area contributed by atoms with Crippen LogP contribution in [0.2, 0.25) is 0 Å². The predicted octanol–water partition coefficient (Wildman–Crippen LogP) is 1.26. The van der Waals surface area contributed by atoms with Crippen LogP contribution in [0.5, 0.6) is 5.88 Å². The third-order valence-electron chi connectivity index (χ3n) is 1.70. The van der Waals surface area contributed by atoms with Crippen LogP contribution >= 0.6 is 0 Å². The van der Waals surface area contributed by atoms with Crippen LogP contribution in [0.15, 0.2) is 24.4 Å². The van der Waals surface area contributed by atoms with E-state index in [9.17, 15) is 0 Å². The van der Waals surface area contributed by atoms with Crippen LogP contribution in [0.4, 0.5) is 5.69 Å². The molecule has 2 aromatic rings. The zero-order valence-electron chi connectivity index (χ0n) is 6.61. The molecule has 12 heavy (non-hydrogen) atoms. The summed E-state index contributed by atoms with van der Waals surface area (Å²) in [5.74, 6) is 0.362. The quantitative estimate of drug-likeness (QED) is 0.633. The molecule has 0 unspecified atom stereocenters. The van der Waals surface area contributed by atoms with Crippen molar-refractivity contribution in [2.75, 3.05) is 7.11 Å². The average molecular weight is 162 g/mol. The van der Waals surface area contributed by atoms with E-state index in [0.29, 0.717) is 11.6 Å². The van der Waals surface area contributed by atoms with Gasteiger partial charge in [0.05, 0.1) is 12.6 Å². The third kappa shape index (κ3) is 0.812. The van der Waals surface area contributed by atoms with Crippen molar-refractivity contribution in [3.8, 4) is 5.88 Å². The first kappa shape index (κ1) is 6.97. The topological polar surface area (TPSA) is 50.3 Å². The summed E-state index contributed by atoms with van der Waals surface area (Å²) in [7, 11) is 1.51. The van der Waals surface area contributed by atoms with Crippen LogP contribution in [-0.4, -0.2) is 16.7 Å². The normalized spacial score (nSPS) is 10.4. The number of nitrogens with one attached hydrogen (secondary N) is 1. The Morgan fingerprint density at radius 2 is 2.33 bits per heavy atom. The minimum absolute atomic E-state index is 0.332. The monoisotopic (exact) mass is 162 g/mol. The van der Waals surface area contributed by atoms with Gasteiger partial charge in [0.25, 0.3) is 5.88 Å². The van der Waals surface area contributed by atoms with Gasteiger partial charge in [-0.3, -0.25) is 5.73 Å². The lowest BCUT2D eigenvalue weighted by atomic mass is 10.4. The fourth-order valence-corrected chi connectivity index (χ4v) is 1.12. The lowest BCUT2D eigenvalue weighted by Crippen LogP contribution is -1.86. The van der Waals surface area contributed by atoms with E-state index in [2.05, 4.69) is 5.10 Å². The van der Waals surface area contributed by atoms with Crippen LogP contribution in [0.3, 0.4) is 0 Å². The minimum atomic E-state index is 0.332. The van der Waals surface area contributed by atoms with Crippen molar-refractivity contribution in [2.45, 2.75) is 0 Å². The highest BCUT2D eigenvalue weighted by Gasteiger charge is 2.08. The summed E-state index contributed by atoms with van der Waals surface area (Å²) in [5.41, 5.74) is 8.70. The van der Waals surface area contributed by atoms with Crippen LogP contribution in [0.25, 0.3) is 5.52 Å². The Kier molecular flexibility index (Phi) is 1.40. The highest BCUT2D eigenvalue weighted by Crippen LogP contribution is 2.25. The van der Waals surface area contributed by atoms with Crippen molar-refractivity contribution in [3.05, 3.63) is 24.4 Å². The van der Waals surface area contributed by atoms with Crippen LogP contribution in [-0.2, 0) is 0 Å². The Hall–Kier alpha value is -1.71. The van der Waals surface area contributed by atoms with Gasteiger partial charge < -0.3 is 4.74 Å². The molecule has 4 nitrogen and oxygen atoms in total. The summed E-state index contributed by atoms with van der Waals surface area (Å²) in [4.78, 5) is 0. The van der Waals surface area contributed by atoms with E-state index in [4.69, 9.17) is 10.5 Å². The fraction of sp³-hybridized carbons (Fsp3) is 0.125. The molecule has 1 N–H and O–H groups in total. The molecule has 4 heteroatoms. The summed E-state index contributed by atoms with van der Waals surface area (Å²) in [6, 6.07) is 5.56. The zero-order chi connectivity index (χ0) is 8.55. The second kappa shape index (κ2) is 2.41. The van der Waals surface area contributed by atoms with Crippen molar-refractivity contribution in [3.63, 3.8) is 0 Å². The molecule has 2 heterocycles. The number of nitrogens with zero attached hydrogens (tertiary/aromatic N) is 2. The number of pyridine rings is 1. The lowest BCUT2D eigenvalue weighted by molar-refractivity contribution is 0.396. The molecule has 1 radical (unpaired) electrons. The molecule has 2 rings (SSSR count). The Morgan fingerprint density at radius 3 is 3.00 bits per heavy atom. The van der Waals surface area contributed by atoms with Gasteiger partial charge in [0.1, 0.15) is 5.69 Å². The molecule has 0 atom stereocenters. The summed E-state index contributed by atoms with van der Waals surface area (Å²) in [6.45, 7) is 0. The number of hydrogen-bond donors (Lipinski definition) is 0. The summed E-state index contributed by atoms with van der Waals surface area (Å²) >= 11 is 0. The van der Waals surface area contributed by atoms with Crippen LogP contribution in [0.1, 0.15) is 0 Å². The number of aromatic nitrogens is 2. The smallest absolute Gasteiger partial charge is 0.259 e. The first-order chi connectivity index (χ1) is 5.83. The fourth-order valence-electron chi connectivity index (χ4n) is 1.12. The van der Waals surface area contributed by atoms with Gasteiger partial charge in [-0.1, -0.05) is 6.07 Å². The number of hydrogen-bond acceptors (Lipinski definition) is 2. The second-order valence-electron chi connectivity index (χ2n) is 2.41. The van der Waals surface area contributed by atoms with Gasteiger partial charge in [-0.2, -0.15) is 0 Å². The highest BCUT2D eigenvalue weighted by molar-refractivity contribution is 5.71. The van der Waals surface area contributed by atoms with Gasteiger partial charge in [-0.25, -0.2) is 4.52 Å². The van der Waals surface area contributed by atoms with Gasteiger partial charge in [0, 0.05) is 6.20 Å². The highest BCUT2D eigenvalue weighted by atomic mass is 16.5. The van der Waals surface area contributed by atoms with Gasteiger partial charge >= 0.3 is 0 Å². The molecule has 0 fully saturated rings. The first-order valence-corrected chi connectivity index (χ1v) is 3.56. The number of ether oxygens (including phenoxy) is 1. The van der Waals surface area contributed by atoms with Crippen molar-refractivity contribution in [1.29, 1.82) is 0 Å². The first-order valence-electron chi connectivity index (χ1n) is 3.56. The minimum Gasteiger partial charge on any atom is -0.478 e. The van der Waals surface area contributed by atoms with E-state index in [-0.39, 0.29) is 0 Å². The van der Waals surface area contributed by atoms with Crippen molar-refractivity contribution in [1.82, 2.24) is 15.3 Å². The van der Waals surface area contributed by atoms with E-state index < -0.39 is 0 Å². The Labute approximate surface area is 69.6 Å². The predicted molar refractivity (Wildman–Crippen MR) is 44.5 cm³/mol. The molecule has 2 aromatic heterocycles. The molecule has 0 aliphatic rings. The Morgan fingerprint density at radius 1 is 1.50 bits per heavy atom. The molecule has 61 valence electrons. The maximum Gasteiger partial charge on any atom is 0.259 e. The van der Waals surface area contributed by atoms with E-state index >= 15 is 0 Å². The number of rotatable bonds is 1. The second-order valence-corrected chi connectivity index (χ2v) is 2.41. The molecule has 0 bridgehead atoms. The summed E-state index contributed by atoms with van der Waals surface area (Å²) in [5, 5.41) is 4.04. The van der Waals surface area contributed by atoms with Gasteiger partial charge in [0.15, 0.2) is 0 Å². The van der Waals surface area contributed by atoms with Crippen molar-refractivity contribution in [2.24, 2.45) is 0 Å². The van der Waals surface area contributed by atoms with Crippen LogP contribution < -0.4 is 10.5 Å². The van der Waals surface area contributed by atoms with E-state index in [0.717, 1.165) is 5.52 Å². The molecule has 0 spiro atoms. The molecule has 0 aromatic carbocycles. The average Bonchev–Trinajstić information content (AvgIpc) is 2.44. The van der Waals surface area contributed by atoms with E-state index in [1.54, 1.807) is 10.7 Å². The molecule has 0 saturated heterocycles. The van der Waals surface area contributed by atoms with E-state index in [1.165, 1.54) is 7.11 Å². The van der Waals surface area contributed by atoms with Crippen molar-refractivity contribution >= 4 is 11.2 Å². The zero-order valence-corrected chi connectivity index (χ0v) is 6.61.